The quantitative estimate of drug-likeness (QED) is 0.554. The number of ether oxygens (including phenoxy) is 1. The van der Waals surface area contributed by atoms with E-state index in [1.54, 1.807) is 0 Å². The third-order valence-electron chi connectivity index (χ3n) is 6.93. The van der Waals surface area contributed by atoms with Crippen molar-refractivity contribution in [2.75, 3.05) is 32.8 Å². The number of fused-ring (bicyclic) bond motifs is 1. The number of piperidine rings is 1. The molecule has 4 heteroatoms. The normalized spacial score (nSPS) is 20.7. The number of aryl methyl sites for hydroxylation is 2. The molecule has 1 heterocycles. The summed E-state index contributed by atoms with van der Waals surface area (Å²) in [5.74, 6) is 1.61. The fourth-order valence-corrected chi connectivity index (χ4v) is 5.11. The molecule has 1 saturated heterocycles. The molecule has 4 nitrogen and oxygen atoms in total. The number of amides is 1. The third kappa shape index (κ3) is 6.35. The monoisotopic (exact) mass is 434 g/mol. The summed E-state index contributed by atoms with van der Waals surface area (Å²) in [5.41, 5.74) is 4.28. The van der Waals surface area contributed by atoms with E-state index in [1.165, 1.54) is 36.0 Å². The Kier molecular flexibility index (Phi) is 8.22. The zero-order valence-corrected chi connectivity index (χ0v) is 19.5. The first-order chi connectivity index (χ1) is 15.7. The van der Waals surface area contributed by atoms with Gasteiger partial charge in [0.15, 0.2) is 0 Å². The van der Waals surface area contributed by atoms with E-state index in [9.17, 15) is 4.79 Å². The molecule has 0 saturated carbocycles. The van der Waals surface area contributed by atoms with Crippen LogP contribution in [0.4, 0.5) is 0 Å². The maximum absolute atomic E-state index is 12.9. The number of likely N-dealkylation sites (tertiary alicyclic amines) is 1. The highest BCUT2D eigenvalue weighted by Gasteiger charge is 2.31. The minimum absolute atomic E-state index is 0.0463. The molecule has 0 unspecified atom stereocenters. The van der Waals surface area contributed by atoms with Gasteiger partial charge in [-0.25, -0.2) is 0 Å². The number of carbonyl (C=O) groups excluding carboxylic acids is 1. The summed E-state index contributed by atoms with van der Waals surface area (Å²) in [4.78, 5) is 15.3. The number of unbranched alkanes of at least 4 members (excludes halogenated alkanes) is 1. The highest BCUT2D eigenvalue weighted by molar-refractivity contribution is 5.79. The van der Waals surface area contributed by atoms with Crippen LogP contribution >= 0.6 is 0 Å². The first-order valence-corrected chi connectivity index (χ1v) is 12.5. The van der Waals surface area contributed by atoms with Crippen molar-refractivity contribution in [3.8, 4) is 5.75 Å². The smallest absolute Gasteiger partial charge is 0.224 e. The Morgan fingerprint density at radius 3 is 2.78 bits per heavy atom. The molecule has 32 heavy (non-hydrogen) atoms. The van der Waals surface area contributed by atoms with Crippen LogP contribution in [0.15, 0.2) is 48.5 Å². The Balaban J connectivity index is 1.36. The molecule has 4 rings (SSSR count). The SMILES string of the molecule is CCCCNC(=O)[C@@H]1C[C@H](COc2ccc3c(c2)CCC3)CN(CCc2ccccc2)C1. The zero-order chi connectivity index (χ0) is 22.2. The van der Waals surface area contributed by atoms with Crippen molar-refractivity contribution < 1.29 is 9.53 Å². The van der Waals surface area contributed by atoms with Gasteiger partial charge in [-0.05, 0) is 67.3 Å². The average Bonchev–Trinajstić information content (AvgIpc) is 3.30. The first-order valence-electron chi connectivity index (χ1n) is 12.5. The summed E-state index contributed by atoms with van der Waals surface area (Å²) in [6.45, 7) is 6.45. The molecule has 0 aromatic heterocycles. The molecule has 1 aliphatic heterocycles. The fraction of sp³-hybridized carbons (Fsp3) is 0.536. The molecule has 0 radical (unpaired) electrons. The largest absolute Gasteiger partial charge is 0.493 e. The van der Waals surface area contributed by atoms with Gasteiger partial charge in [0.05, 0.1) is 12.5 Å². The van der Waals surface area contributed by atoms with E-state index in [0.717, 1.165) is 57.6 Å². The molecule has 2 atom stereocenters. The van der Waals surface area contributed by atoms with Crippen LogP contribution in [0.1, 0.15) is 49.3 Å². The van der Waals surface area contributed by atoms with Crippen LogP contribution in [0, 0.1) is 11.8 Å². The van der Waals surface area contributed by atoms with Crippen LogP contribution in [-0.4, -0.2) is 43.6 Å². The molecule has 2 aromatic rings. The summed E-state index contributed by atoms with van der Waals surface area (Å²) in [5, 5.41) is 3.16. The molecular formula is C28H38N2O2. The summed E-state index contributed by atoms with van der Waals surface area (Å²) in [6.07, 6.45) is 7.69. The maximum Gasteiger partial charge on any atom is 0.224 e. The molecule has 1 amide bonds. The van der Waals surface area contributed by atoms with E-state index in [1.807, 2.05) is 0 Å². The minimum Gasteiger partial charge on any atom is -0.493 e. The summed E-state index contributed by atoms with van der Waals surface area (Å²) < 4.78 is 6.25. The Hall–Kier alpha value is -2.33. The van der Waals surface area contributed by atoms with Gasteiger partial charge in [-0.1, -0.05) is 49.7 Å². The average molecular weight is 435 g/mol. The minimum atomic E-state index is 0.0463. The lowest BCUT2D eigenvalue weighted by atomic mass is 9.88. The van der Waals surface area contributed by atoms with Crippen molar-refractivity contribution in [3.05, 3.63) is 65.2 Å². The van der Waals surface area contributed by atoms with Crippen molar-refractivity contribution in [1.29, 1.82) is 0 Å². The van der Waals surface area contributed by atoms with E-state index in [4.69, 9.17) is 4.74 Å². The number of rotatable bonds is 10. The standard InChI is InChI=1S/C28H38N2O2/c1-2-3-15-29-28(31)26-17-23(19-30(20-26)16-14-22-8-5-4-6-9-22)21-32-27-13-12-24-10-7-11-25(24)18-27/h4-6,8-9,12-13,18,23,26H,2-3,7,10-11,14-17,19-21H2,1H3,(H,29,31)/t23-,26+/m0/s1. The molecular weight excluding hydrogens is 396 g/mol. The van der Waals surface area contributed by atoms with Crippen LogP contribution in [0.2, 0.25) is 0 Å². The lowest BCUT2D eigenvalue weighted by Crippen LogP contribution is -2.48. The Labute approximate surface area is 193 Å². The zero-order valence-electron chi connectivity index (χ0n) is 19.5. The molecule has 1 aliphatic carbocycles. The molecule has 172 valence electrons. The van der Waals surface area contributed by atoms with Crippen molar-refractivity contribution in [1.82, 2.24) is 10.2 Å². The second-order valence-corrected chi connectivity index (χ2v) is 9.53. The second-order valence-electron chi connectivity index (χ2n) is 9.53. The van der Waals surface area contributed by atoms with E-state index < -0.39 is 0 Å². The number of nitrogens with zero attached hydrogens (tertiary/aromatic N) is 1. The third-order valence-corrected chi connectivity index (χ3v) is 6.93. The van der Waals surface area contributed by atoms with E-state index in [2.05, 4.69) is 65.7 Å². The maximum atomic E-state index is 12.9. The Morgan fingerprint density at radius 1 is 1.09 bits per heavy atom. The van der Waals surface area contributed by atoms with Crippen molar-refractivity contribution >= 4 is 5.91 Å². The van der Waals surface area contributed by atoms with Gasteiger partial charge >= 0.3 is 0 Å². The number of benzene rings is 2. The van der Waals surface area contributed by atoms with Gasteiger partial charge in [-0.3, -0.25) is 4.79 Å². The van der Waals surface area contributed by atoms with Crippen LogP contribution < -0.4 is 10.1 Å². The van der Waals surface area contributed by atoms with E-state index in [-0.39, 0.29) is 11.8 Å². The van der Waals surface area contributed by atoms with Gasteiger partial charge in [0.2, 0.25) is 5.91 Å². The van der Waals surface area contributed by atoms with Crippen molar-refractivity contribution in [3.63, 3.8) is 0 Å². The van der Waals surface area contributed by atoms with Crippen LogP contribution in [0.3, 0.4) is 0 Å². The lowest BCUT2D eigenvalue weighted by Gasteiger charge is -2.37. The number of nitrogens with one attached hydrogen (secondary N) is 1. The first kappa shape index (κ1) is 22.8. The number of hydrogen-bond acceptors (Lipinski definition) is 3. The Bertz CT molecular complexity index is 867. The molecule has 1 fully saturated rings. The highest BCUT2D eigenvalue weighted by Crippen LogP contribution is 2.28. The van der Waals surface area contributed by atoms with Gasteiger partial charge in [-0.2, -0.15) is 0 Å². The van der Waals surface area contributed by atoms with Crippen molar-refractivity contribution in [2.45, 2.75) is 51.9 Å². The lowest BCUT2D eigenvalue weighted by molar-refractivity contribution is -0.127. The predicted octanol–water partition coefficient (Wildman–Crippen LogP) is 4.65. The fourth-order valence-electron chi connectivity index (χ4n) is 5.11. The van der Waals surface area contributed by atoms with Crippen LogP contribution in [-0.2, 0) is 24.1 Å². The molecule has 1 N–H and O–H groups in total. The second kappa shape index (κ2) is 11.5. The van der Waals surface area contributed by atoms with Gasteiger partial charge in [0.25, 0.3) is 0 Å². The summed E-state index contributed by atoms with van der Waals surface area (Å²) in [7, 11) is 0. The van der Waals surface area contributed by atoms with Gasteiger partial charge < -0.3 is 15.0 Å². The van der Waals surface area contributed by atoms with Gasteiger partial charge in [0, 0.05) is 32.1 Å². The number of carbonyl (C=O) groups is 1. The summed E-state index contributed by atoms with van der Waals surface area (Å²) in [6, 6.07) is 17.2. The summed E-state index contributed by atoms with van der Waals surface area (Å²) >= 11 is 0. The van der Waals surface area contributed by atoms with Gasteiger partial charge in [-0.15, -0.1) is 0 Å². The molecule has 2 aliphatic rings. The molecule has 0 bridgehead atoms. The van der Waals surface area contributed by atoms with Crippen LogP contribution in [0.25, 0.3) is 0 Å². The van der Waals surface area contributed by atoms with Crippen LogP contribution in [0.5, 0.6) is 5.75 Å². The van der Waals surface area contributed by atoms with Crippen molar-refractivity contribution in [2.24, 2.45) is 11.8 Å². The molecule has 2 aromatic carbocycles. The Morgan fingerprint density at radius 2 is 1.94 bits per heavy atom. The highest BCUT2D eigenvalue weighted by atomic mass is 16.5. The topological polar surface area (TPSA) is 41.6 Å². The van der Waals surface area contributed by atoms with E-state index >= 15 is 0 Å². The van der Waals surface area contributed by atoms with E-state index in [0.29, 0.717) is 12.5 Å². The van der Waals surface area contributed by atoms with Gasteiger partial charge in [0.1, 0.15) is 5.75 Å². The number of hydrogen-bond donors (Lipinski definition) is 1. The predicted molar refractivity (Wildman–Crippen MR) is 130 cm³/mol. The molecule has 0 spiro atoms.